The Bertz CT molecular complexity index is 750. The van der Waals surface area contributed by atoms with Gasteiger partial charge in [-0.2, -0.15) is 13.2 Å². The monoisotopic (exact) mass is 430 g/mol. The van der Waals surface area contributed by atoms with Crippen LogP contribution in [0, 0.1) is 0 Å². The smallest absolute Gasteiger partial charge is 0.416 e. The van der Waals surface area contributed by atoms with Gasteiger partial charge in [0.15, 0.2) is 0 Å². The molecule has 2 aliphatic rings. The topological polar surface area (TPSA) is 58.6 Å². The first-order valence-corrected chi connectivity index (χ1v) is 10.9. The third-order valence-corrected chi connectivity index (χ3v) is 6.44. The molecule has 1 N–H and O–H groups in total. The number of piperidine rings is 1. The van der Waals surface area contributed by atoms with Crippen LogP contribution in [-0.2, 0) is 11.0 Å². The van der Waals surface area contributed by atoms with E-state index in [1.807, 2.05) is 0 Å². The third-order valence-electron chi connectivity index (χ3n) is 5.68. The maximum Gasteiger partial charge on any atom is 0.416 e. The summed E-state index contributed by atoms with van der Waals surface area (Å²) in [6.07, 6.45) is 0.863. The molecule has 1 aliphatic carbocycles. The number of ether oxygens (including phenoxy) is 1. The van der Waals surface area contributed by atoms with Crippen molar-refractivity contribution in [3.63, 3.8) is 0 Å². The summed E-state index contributed by atoms with van der Waals surface area (Å²) in [4.78, 5) is 27.0. The fraction of sp³-hybridized carbons (Fsp3) is 0.600. The first-order valence-electron chi connectivity index (χ1n) is 9.64. The summed E-state index contributed by atoms with van der Waals surface area (Å²) in [5.41, 5.74) is -0.709. The molecule has 2 atom stereocenters. The Morgan fingerprint density at radius 2 is 1.93 bits per heavy atom. The number of nitrogens with zero attached hydrogens (tertiary/aromatic N) is 1. The van der Waals surface area contributed by atoms with E-state index in [1.54, 1.807) is 6.26 Å². The highest BCUT2D eigenvalue weighted by Gasteiger charge is 2.37. The molecule has 29 heavy (non-hydrogen) atoms. The predicted octanol–water partition coefficient (Wildman–Crippen LogP) is 3.75. The summed E-state index contributed by atoms with van der Waals surface area (Å²) >= 11 is 1.08. The molecular formula is C20H25F3N2O3S. The van der Waals surface area contributed by atoms with Gasteiger partial charge in [-0.15, -0.1) is 11.8 Å². The van der Waals surface area contributed by atoms with Gasteiger partial charge in [-0.1, -0.05) is 0 Å². The van der Waals surface area contributed by atoms with Gasteiger partial charge in [-0.05, 0) is 37.7 Å². The van der Waals surface area contributed by atoms with Gasteiger partial charge in [0.2, 0.25) is 0 Å². The Morgan fingerprint density at radius 3 is 2.52 bits per heavy atom. The van der Waals surface area contributed by atoms with E-state index in [0.717, 1.165) is 43.2 Å². The van der Waals surface area contributed by atoms with Gasteiger partial charge < -0.3 is 10.1 Å². The molecular weight excluding hydrogens is 405 g/mol. The lowest BCUT2D eigenvalue weighted by Gasteiger charge is -2.35. The molecule has 1 heterocycles. The molecule has 1 saturated carbocycles. The van der Waals surface area contributed by atoms with Crippen molar-refractivity contribution in [3.05, 3.63) is 23.3 Å². The number of nitrogens with one attached hydrogen (secondary N) is 1. The second-order valence-electron chi connectivity index (χ2n) is 7.41. The highest BCUT2D eigenvalue weighted by atomic mass is 32.2. The molecule has 1 aliphatic heterocycles. The van der Waals surface area contributed by atoms with Crippen LogP contribution in [0.25, 0.3) is 0 Å². The van der Waals surface area contributed by atoms with Gasteiger partial charge in [0.25, 0.3) is 5.91 Å². The lowest BCUT2D eigenvalue weighted by Crippen LogP contribution is -2.51. The van der Waals surface area contributed by atoms with Gasteiger partial charge in [-0.3, -0.25) is 14.5 Å². The van der Waals surface area contributed by atoms with Gasteiger partial charge in [-0.25, -0.2) is 0 Å². The number of carbonyl (C=O) groups is 2. The minimum absolute atomic E-state index is 0.0835. The molecule has 9 heteroatoms. The quantitative estimate of drug-likeness (QED) is 0.721. The average Bonchev–Trinajstić information content (AvgIpc) is 3.14. The third kappa shape index (κ3) is 4.88. The van der Waals surface area contributed by atoms with Crippen LogP contribution < -0.4 is 10.1 Å². The summed E-state index contributed by atoms with van der Waals surface area (Å²) < 4.78 is 44.7. The number of thioether (sulfide) groups is 1. The van der Waals surface area contributed by atoms with Crippen molar-refractivity contribution < 1.29 is 27.5 Å². The van der Waals surface area contributed by atoms with Crippen LogP contribution in [0.5, 0.6) is 5.75 Å². The zero-order valence-corrected chi connectivity index (χ0v) is 17.3. The van der Waals surface area contributed by atoms with Crippen molar-refractivity contribution >= 4 is 23.5 Å². The van der Waals surface area contributed by atoms with Crippen LogP contribution in [0.15, 0.2) is 17.0 Å². The normalized spacial score (nSPS) is 23.3. The maximum absolute atomic E-state index is 13.2. The SMILES string of the molecule is COc1cc(C(F)(F)F)cc(SC)c1C(=O)N[C@@H]1CCC[C@@H]1N1CCC(=O)CC1. The molecule has 0 spiro atoms. The van der Waals surface area contributed by atoms with E-state index in [9.17, 15) is 22.8 Å². The van der Waals surface area contributed by atoms with Crippen LogP contribution in [-0.4, -0.2) is 55.1 Å². The number of likely N-dealkylation sites (tertiary alicyclic amines) is 1. The van der Waals surface area contributed by atoms with Crippen molar-refractivity contribution in [2.75, 3.05) is 26.5 Å². The van der Waals surface area contributed by atoms with Crippen LogP contribution in [0.1, 0.15) is 48.0 Å². The molecule has 1 aromatic rings. The molecule has 0 aromatic heterocycles. The molecule has 1 saturated heterocycles. The van der Waals surface area contributed by atoms with E-state index in [-0.39, 0.29) is 34.1 Å². The van der Waals surface area contributed by atoms with E-state index < -0.39 is 17.6 Å². The molecule has 0 radical (unpaired) electrons. The summed E-state index contributed by atoms with van der Waals surface area (Å²) in [7, 11) is 1.26. The highest BCUT2D eigenvalue weighted by molar-refractivity contribution is 7.98. The Balaban J connectivity index is 1.81. The molecule has 3 rings (SSSR count). The fourth-order valence-corrected chi connectivity index (χ4v) is 4.83. The predicted molar refractivity (Wildman–Crippen MR) is 104 cm³/mol. The number of alkyl halides is 3. The van der Waals surface area contributed by atoms with Gasteiger partial charge in [0.1, 0.15) is 11.5 Å². The number of hydrogen-bond donors (Lipinski definition) is 1. The number of ketones is 1. The molecule has 5 nitrogen and oxygen atoms in total. The van der Waals surface area contributed by atoms with Crippen LogP contribution >= 0.6 is 11.8 Å². The molecule has 160 valence electrons. The van der Waals surface area contributed by atoms with Crippen molar-refractivity contribution in [3.8, 4) is 5.75 Å². The lowest BCUT2D eigenvalue weighted by atomic mass is 10.0. The number of methoxy groups -OCH3 is 1. The molecule has 1 aromatic carbocycles. The Kier molecular flexibility index (Phi) is 6.78. The van der Waals surface area contributed by atoms with Crippen molar-refractivity contribution in [2.45, 2.75) is 55.3 Å². The number of amides is 1. The number of Topliss-reactive ketones (excluding diaryl/α,β-unsaturated/α-hetero) is 1. The van der Waals surface area contributed by atoms with Crippen molar-refractivity contribution in [1.82, 2.24) is 10.2 Å². The van der Waals surface area contributed by atoms with E-state index in [1.165, 1.54) is 7.11 Å². The van der Waals surface area contributed by atoms with Crippen LogP contribution in [0.3, 0.4) is 0 Å². The second-order valence-corrected chi connectivity index (χ2v) is 8.25. The minimum Gasteiger partial charge on any atom is -0.496 e. The lowest BCUT2D eigenvalue weighted by molar-refractivity contribution is -0.137. The molecule has 0 bridgehead atoms. The standard InChI is InChI=1S/C20H25F3N2O3S/c1-28-16-10-12(20(21,22)23)11-17(29-2)18(16)19(27)24-14-4-3-5-15(14)25-8-6-13(26)7-9-25/h10-11,14-15H,3-9H2,1-2H3,(H,24,27)/t14-,15+/m1/s1. The van der Waals surface area contributed by atoms with E-state index in [4.69, 9.17) is 4.74 Å². The summed E-state index contributed by atoms with van der Waals surface area (Å²) in [5, 5.41) is 3.02. The summed E-state index contributed by atoms with van der Waals surface area (Å²) in [6.45, 7) is 1.38. The number of halogens is 3. The molecule has 1 amide bonds. The van der Waals surface area contributed by atoms with Crippen molar-refractivity contribution in [2.24, 2.45) is 0 Å². The Labute approximate surface area is 172 Å². The van der Waals surface area contributed by atoms with Crippen molar-refractivity contribution in [1.29, 1.82) is 0 Å². The van der Waals surface area contributed by atoms with Gasteiger partial charge in [0, 0.05) is 42.9 Å². The first-order chi connectivity index (χ1) is 13.7. The van der Waals surface area contributed by atoms with Crippen LogP contribution in [0.2, 0.25) is 0 Å². The molecule has 2 fully saturated rings. The van der Waals surface area contributed by atoms with Crippen LogP contribution in [0.4, 0.5) is 13.2 Å². The average molecular weight is 430 g/mol. The van der Waals surface area contributed by atoms with Gasteiger partial charge in [0.05, 0.1) is 18.2 Å². The number of carbonyl (C=O) groups excluding carboxylic acids is 2. The largest absolute Gasteiger partial charge is 0.496 e. The van der Waals surface area contributed by atoms with E-state index >= 15 is 0 Å². The zero-order chi connectivity index (χ0) is 21.2. The Hall–Kier alpha value is -1.74. The number of rotatable bonds is 5. The fourth-order valence-electron chi connectivity index (χ4n) is 4.19. The zero-order valence-electron chi connectivity index (χ0n) is 16.5. The Morgan fingerprint density at radius 1 is 1.24 bits per heavy atom. The number of benzene rings is 1. The molecule has 0 unspecified atom stereocenters. The van der Waals surface area contributed by atoms with E-state index in [2.05, 4.69) is 10.2 Å². The number of hydrogen-bond acceptors (Lipinski definition) is 5. The van der Waals surface area contributed by atoms with E-state index in [0.29, 0.717) is 25.9 Å². The first kappa shape index (κ1) is 22.0. The summed E-state index contributed by atoms with van der Waals surface area (Å²) in [6, 6.07) is 1.91. The highest BCUT2D eigenvalue weighted by Crippen LogP contribution is 2.38. The summed E-state index contributed by atoms with van der Waals surface area (Å²) in [5.74, 6) is -0.247. The minimum atomic E-state index is -4.52. The van der Waals surface area contributed by atoms with Gasteiger partial charge >= 0.3 is 6.18 Å². The second kappa shape index (κ2) is 8.95. The maximum atomic E-state index is 13.2.